The zero-order valence-electron chi connectivity index (χ0n) is 17.3. The van der Waals surface area contributed by atoms with Crippen LogP contribution in [0.1, 0.15) is 63.5 Å². The van der Waals surface area contributed by atoms with Crippen molar-refractivity contribution >= 4 is 5.91 Å². The fourth-order valence-electron chi connectivity index (χ4n) is 4.42. The third kappa shape index (κ3) is 5.79. The van der Waals surface area contributed by atoms with Gasteiger partial charge >= 0.3 is 0 Å². The molecule has 0 aromatic heterocycles. The Hall–Kier alpha value is -1.39. The molecule has 150 valence electrons. The smallest absolute Gasteiger partial charge is 0.222 e. The van der Waals surface area contributed by atoms with Crippen molar-refractivity contribution in [2.24, 2.45) is 5.41 Å². The molecule has 0 atom stereocenters. The van der Waals surface area contributed by atoms with Crippen LogP contribution in [0, 0.1) is 5.41 Å². The lowest BCUT2D eigenvalue weighted by atomic mass is 9.73. The second kappa shape index (κ2) is 8.32. The largest absolute Gasteiger partial charge is 0.390 e. The number of nitrogens with zero attached hydrogens (tertiary/aromatic N) is 2. The maximum absolute atomic E-state index is 12.0. The molecule has 2 fully saturated rings. The maximum atomic E-state index is 12.0. The topological polar surface area (TPSA) is 43.8 Å². The number of aliphatic hydroxyl groups is 1. The van der Waals surface area contributed by atoms with E-state index in [4.69, 9.17) is 0 Å². The molecule has 0 radical (unpaired) electrons. The van der Waals surface area contributed by atoms with E-state index in [0.29, 0.717) is 11.3 Å². The first-order chi connectivity index (χ1) is 12.7. The van der Waals surface area contributed by atoms with Crippen molar-refractivity contribution < 1.29 is 9.90 Å². The Bertz CT molecular complexity index is 625. The molecule has 0 aliphatic carbocycles. The van der Waals surface area contributed by atoms with Crippen molar-refractivity contribution in [3.05, 3.63) is 35.4 Å². The Morgan fingerprint density at radius 1 is 1.00 bits per heavy atom. The van der Waals surface area contributed by atoms with Gasteiger partial charge in [0.1, 0.15) is 0 Å². The van der Waals surface area contributed by atoms with E-state index in [1.165, 1.54) is 30.4 Å². The summed E-state index contributed by atoms with van der Waals surface area (Å²) in [5.41, 5.74) is 2.46. The quantitative estimate of drug-likeness (QED) is 0.859. The highest BCUT2D eigenvalue weighted by Crippen LogP contribution is 2.41. The number of rotatable bonds is 5. The number of aryl methyl sites for hydroxylation is 1. The van der Waals surface area contributed by atoms with Gasteiger partial charge < -0.3 is 10.0 Å². The van der Waals surface area contributed by atoms with E-state index < -0.39 is 5.60 Å². The van der Waals surface area contributed by atoms with Crippen LogP contribution in [-0.4, -0.2) is 53.1 Å². The summed E-state index contributed by atoms with van der Waals surface area (Å²) >= 11 is 0. The van der Waals surface area contributed by atoms with Gasteiger partial charge in [-0.15, -0.1) is 0 Å². The SMILES string of the molecule is CN1CCC2(CCC1=O)CCN(Cc1ccc(CCC(C)(C)O)cc1)CC2. The predicted octanol–water partition coefficient (Wildman–Crippen LogP) is 3.61. The summed E-state index contributed by atoms with van der Waals surface area (Å²) in [6, 6.07) is 8.89. The molecule has 2 aliphatic rings. The first kappa shape index (κ1) is 20.3. The van der Waals surface area contributed by atoms with E-state index >= 15 is 0 Å². The summed E-state index contributed by atoms with van der Waals surface area (Å²) in [7, 11) is 1.95. The van der Waals surface area contributed by atoms with Gasteiger partial charge in [-0.05, 0) is 82.0 Å². The minimum atomic E-state index is -0.597. The van der Waals surface area contributed by atoms with Crippen molar-refractivity contribution in [1.29, 1.82) is 0 Å². The van der Waals surface area contributed by atoms with E-state index in [2.05, 4.69) is 29.2 Å². The van der Waals surface area contributed by atoms with Crippen molar-refractivity contribution in [3.63, 3.8) is 0 Å². The molecule has 1 aromatic rings. The number of hydrogen-bond acceptors (Lipinski definition) is 3. The number of amides is 1. The summed E-state index contributed by atoms with van der Waals surface area (Å²) in [4.78, 5) is 16.5. The summed E-state index contributed by atoms with van der Waals surface area (Å²) in [6.07, 6.45) is 7.11. The minimum Gasteiger partial charge on any atom is -0.390 e. The van der Waals surface area contributed by atoms with Crippen LogP contribution in [-0.2, 0) is 17.8 Å². The van der Waals surface area contributed by atoms with Crippen LogP contribution in [0.15, 0.2) is 24.3 Å². The van der Waals surface area contributed by atoms with E-state index in [1.54, 1.807) is 0 Å². The Morgan fingerprint density at radius 3 is 2.22 bits per heavy atom. The van der Waals surface area contributed by atoms with Crippen molar-refractivity contribution in [2.75, 3.05) is 26.7 Å². The number of likely N-dealkylation sites (tertiary alicyclic amines) is 2. The van der Waals surface area contributed by atoms with Crippen molar-refractivity contribution in [3.8, 4) is 0 Å². The zero-order valence-corrected chi connectivity index (χ0v) is 17.3. The van der Waals surface area contributed by atoms with Crippen LogP contribution >= 0.6 is 0 Å². The first-order valence-corrected chi connectivity index (χ1v) is 10.5. The van der Waals surface area contributed by atoms with E-state index in [0.717, 1.165) is 51.9 Å². The van der Waals surface area contributed by atoms with Gasteiger partial charge in [0.05, 0.1) is 5.60 Å². The third-order valence-corrected chi connectivity index (χ3v) is 6.64. The standard InChI is InChI=1S/C23H36N2O2/c1-22(2,27)10-8-19-4-6-20(7-5-19)18-25-16-13-23(14-17-25)11-9-21(26)24(3)15-12-23/h4-7,27H,8-18H2,1-3H3. The second-order valence-corrected chi connectivity index (χ2v) is 9.47. The van der Waals surface area contributed by atoms with Crippen molar-refractivity contribution in [1.82, 2.24) is 9.80 Å². The number of hydrogen-bond donors (Lipinski definition) is 1. The van der Waals surface area contributed by atoms with Crippen LogP contribution in [0.25, 0.3) is 0 Å². The fourth-order valence-corrected chi connectivity index (χ4v) is 4.42. The Morgan fingerprint density at radius 2 is 1.59 bits per heavy atom. The van der Waals surface area contributed by atoms with Crippen LogP contribution in [0.5, 0.6) is 0 Å². The van der Waals surface area contributed by atoms with Gasteiger partial charge in [-0.1, -0.05) is 24.3 Å². The van der Waals surface area contributed by atoms with E-state index in [9.17, 15) is 9.90 Å². The van der Waals surface area contributed by atoms with Gasteiger partial charge in [0.2, 0.25) is 5.91 Å². The van der Waals surface area contributed by atoms with Gasteiger partial charge in [-0.2, -0.15) is 0 Å². The van der Waals surface area contributed by atoms with E-state index in [-0.39, 0.29) is 0 Å². The highest BCUT2D eigenvalue weighted by Gasteiger charge is 2.37. The summed E-state index contributed by atoms with van der Waals surface area (Å²) in [6.45, 7) is 7.95. The molecule has 1 spiro atoms. The summed E-state index contributed by atoms with van der Waals surface area (Å²) in [5, 5.41) is 9.87. The monoisotopic (exact) mass is 372 g/mol. The number of carbonyl (C=O) groups is 1. The highest BCUT2D eigenvalue weighted by molar-refractivity contribution is 5.76. The number of piperidine rings is 1. The molecule has 1 aromatic carbocycles. The molecule has 27 heavy (non-hydrogen) atoms. The molecule has 1 N–H and O–H groups in total. The molecule has 2 saturated heterocycles. The Balaban J connectivity index is 1.48. The molecule has 2 heterocycles. The first-order valence-electron chi connectivity index (χ1n) is 10.5. The maximum Gasteiger partial charge on any atom is 0.222 e. The molecular weight excluding hydrogens is 336 g/mol. The van der Waals surface area contributed by atoms with Gasteiger partial charge in [0, 0.05) is 26.6 Å². The Kier molecular flexibility index (Phi) is 6.27. The summed E-state index contributed by atoms with van der Waals surface area (Å²) in [5.74, 6) is 0.318. The lowest BCUT2D eigenvalue weighted by molar-refractivity contribution is -0.129. The van der Waals surface area contributed by atoms with Crippen molar-refractivity contribution in [2.45, 2.75) is 70.9 Å². The fraction of sp³-hybridized carbons (Fsp3) is 0.696. The average molecular weight is 373 g/mol. The van der Waals surface area contributed by atoms with Gasteiger partial charge in [-0.3, -0.25) is 9.69 Å². The van der Waals surface area contributed by atoms with Crippen LogP contribution in [0.3, 0.4) is 0 Å². The molecule has 4 nitrogen and oxygen atoms in total. The van der Waals surface area contributed by atoms with Gasteiger partial charge in [0.25, 0.3) is 0 Å². The van der Waals surface area contributed by atoms with Crippen LogP contribution in [0.2, 0.25) is 0 Å². The van der Waals surface area contributed by atoms with E-state index in [1.807, 2.05) is 25.8 Å². The zero-order chi connectivity index (χ0) is 19.5. The number of benzene rings is 1. The number of carbonyl (C=O) groups excluding carboxylic acids is 1. The molecule has 0 saturated carbocycles. The third-order valence-electron chi connectivity index (χ3n) is 6.64. The minimum absolute atomic E-state index is 0.318. The average Bonchev–Trinajstić information content (AvgIpc) is 2.77. The molecular formula is C23H36N2O2. The Labute approximate surface area is 164 Å². The van der Waals surface area contributed by atoms with Crippen LogP contribution in [0.4, 0.5) is 0 Å². The van der Waals surface area contributed by atoms with Crippen LogP contribution < -0.4 is 0 Å². The molecule has 0 bridgehead atoms. The summed E-state index contributed by atoms with van der Waals surface area (Å²) < 4.78 is 0. The highest BCUT2D eigenvalue weighted by atomic mass is 16.3. The van der Waals surface area contributed by atoms with Gasteiger partial charge in [0.15, 0.2) is 0 Å². The normalized spacial score (nSPS) is 21.5. The molecule has 3 rings (SSSR count). The molecule has 0 unspecified atom stereocenters. The second-order valence-electron chi connectivity index (χ2n) is 9.47. The lowest BCUT2D eigenvalue weighted by Gasteiger charge is -2.41. The lowest BCUT2D eigenvalue weighted by Crippen LogP contribution is -2.40. The molecule has 1 amide bonds. The predicted molar refractivity (Wildman–Crippen MR) is 109 cm³/mol. The molecule has 4 heteroatoms. The van der Waals surface area contributed by atoms with Gasteiger partial charge in [-0.25, -0.2) is 0 Å². The molecule has 2 aliphatic heterocycles.